The summed E-state index contributed by atoms with van der Waals surface area (Å²) in [5.74, 6) is 0.710. The average Bonchev–Trinajstić information content (AvgIpc) is 1.97. The Morgan fingerprint density at radius 1 is 1.23 bits per heavy atom. The molecule has 1 aromatic heterocycles. The van der Waals surface area contributed by atoms with Gasteiger partial charge in [-0.05, 0) is 0 Å². The molecule has 0 atom stereocenters. The molecule has 0 unspecified atom stereocenters. The molecule has 0 aliphatic carbocycles. The summed E-state index contributed by atoms with van der Waals surface area (Å²) in [5.41, 5.74) is 8.24. The average molecular weight is 285 g/mol. The maximum atomic E-state index is 5.84. The van der Waals surface area contributed by atoms with E-state index in [2.05, 4.69) is 32.8 Å². The van der Waals surface area contributed by atoms with E-state index in [9.17, 15) is 0 Å². The number of hydrogen-bond donors (Lipinski definition) is 1. The molecule has 0 saturated heterocycles. The third-order valence-corrected chi connectivity index (χ3v) is 7.46. The molecule has 1 heterocycles. The van der Waals surface area contributed by atoms with Crippen LogP contribution in [0.5, 0.6) is 0 Å². The molecule has 13 heavy (non-hydrogen) atoms. The number of aromatic nitrogens is 1. The van der Waals surface area contributed by atoms with Gasteiger partial charge in [-0.3, -0.25) is 0 Å². The van der Waals surface area contributed by atoms with E-state index in [0.29, 0.717) is 5.82 Å². The van der Waals surface area contributed by atoms with E-state index in [4.69, 9.17) is 5.73 Å². The second-order valence-electron chi connectivity index (χ2n) is 4.58. The molecule has 2 N–H and O–H groups in total. The number of nitrogens with two attached hydrogens (primary N) is 1. The first-order valence-electron chi connectivity index (χ1n) is 4.56. The molecule has 0 bridgehead atoms. The molecule has 0 radical (unpaired) electrons. The first-order valence-corrected chi connectivity index (χ1v) is 14.6. The molecule has 72 valence electrons. The van der Waals surface area contributed by atoms with Crippen LogP contribution in [0, 0.1) is 13.8 Å². The number of nitrogen functional groups attached to an aromatic ring is 1. The van der Waals surface area contributed by atoms with E-state index in [0.717, 1.165) is 5.56 Å². The second-order valence-corrected chi connectivity index (χ2v) is 18.9. The second kappa shape index (κ2) is 3.48. The first-order chi connectivity index (χ1) is 5.82. The van der Waals surface area contributed by atoms with Gasteiger partial charge in [-0.25, -0.2) is 0 Å². The quantitative estimate of drug-likeness (QED) is 0.799. The van der Waals surface area contributed by atoms with Gasteiger partial charge in [0, 0.05) is 0 Å². The normalized spacial score (nSPS) is 11.8. The molecule has 2 nitrogen and oxygen atoms in total. The summed E-state index contributed by atoms with van der Waals surface area (Å²) in [6.45, 7) is 4.13. The van der Waals surface area contributed by atoms with Crippen LogP contribution in [0.3, 0.4) is 0 Å². The van der Waals surface area contributed by atoms with Gasteiger partial charge in [-0.1, -0.05) is 0 Å². The molecule has 0 spiro atoms. The van der Waals surface area contributed by atoms with Crippen molar-refractivity contribution >= 4 is 27.9 Å². The van der Waals surface area contributed by atoms with Gasteiger partial charge < -0.3 is 0 Å². The van der Waals surface area contributed by atoms with Crippen LogP contribution >= 0.6 is 0 Å². The van der Waals surface area contributed by atoms with Crippen LogP contribution in [0.2, 0.25) is 14.8 Å². The monoisotopic (exact) mass is 286 g/mol. The number of hydrogen-bond acceptors (Lipinski definition) is 2. The van der Waals surface area contributed by atoms with Gasteiger partial charge in [-0.15, -0.1) is 0 Å². The summed E-state index contributed by atoms with van der Waals surface area (Å²) in [7, 11) is 0. The van der Waals surface area contributed by atoms with Crippen molar-refractivity contribution in [3.05, 3.63) is 17.2 Å². The van der Waals surface area contributed by atoms with E-state index in [-0.39, 0.29) is 0 Å². The predicted octanol–water partition coefficient (Wildman–Crippen LogP) is 1.83. The van der Waals surface area contributed by atoms with Gasteiger partial charge in [0.2, 0.25) is 0 Å². The molecule has 0 aromatic carbocycles. The maximum absolute atomic E-state index is 5.84. The summed E-state index contributed by atoms with van der Waals surface area (Å²) in [6.07, 6.45) is 0. The van der Waals surface area contributed by atoms with Gasteiger partial charge in [0.25, 0.3) is 0 Å². The Kier molecular flexibility index (Phi) is 2.90. The van der Waals surface area contributed by atoms with Crippen molar-refractivity contribution in [2.24, 2.45) is 0 Å². The Morgan fingerprint density at radius 2 is 1.77 bits per heavy atom. The molecular formula is C10H18N2Sn. The minimum absolute atomic E-state index is 0.710. The fourth-order valence-corrected chi connectivity index (χ4v) is 4.30. The van der Waals surface area contributed by atoms with Crippen LogP contribution in [-0.2, 0) is 0 Å². The van der Waals surface area contributed by atoms with Gasteiger partial charge in [-0.2, -0.15) is 0 Å². The Labute approximate surface area is 84.4 Å². The summed E-state index contributed by atoms with van der Waals surface area (Å²) < 4.78 is 1.27. The zero-order chi connectivity index (χ0) is 10.2. The van der Waals surface area contributed by atoms with Crippen molar-refractivity contribution in [3.63, 3.8) is 0 Å². The molecule has 0 aliphatic heterocycles. The van der Waals surface area contributed by atoms with Crippen LogP contribution < -0.4 is 9.44 Å². The number of anilines is 1. The van der Waals surface area contributed by atoms with E-state index in [1.165, 1.54) is 9.27 Å². The van der Waals surface area contributed by atoms with Gasteiger partial charge in [0.05, 0.1) is 0 Å². The molecule has 1 aromatic rings. The molecular weight excluding hydrogens is 267 g/mol. The molecule has 0 saturated carbocycles. The third-order valence-electron chi connectivity index (χ3n) is 2.34. The van der Waals surface area contributed by atoms with Crippen LogP contribution in [-0.4, -0.2) is 23.4 Å². The molecule has 0 aliphatic rings. The molecule has 1 rings (SSSR count). The van der Waals surface area contributed by atoms with Crippen LogP contribution in [0.4, 0.5) is 5.82 Å². The summed E-state index contributed by atoms with van der Waals surface area (Å²) in [4.78, 5) is 11.5. The number of rotatable bonds is 1. The van der Waals surface area contributed by atoms with Crippen molar-refractivity contribution in [3.8, 4) is 0 Å². The Balaban J connectivity index is 3.29. The fraction of sp³-hybridized carbons (Fsp3) is 0.500. The zero-order valence-electron chi connectivity index (χ0n) is 9.10. The molecule has 0 amide bonds. The number of pyridine rings is 1. The third kappa shape index (κ3) is 2.36. The van der Waals surface area contributed by atoms with Crippen molar-refractivity contribution in [1.82, 2.24) is 4.98 Å². The van der Waals surface area contributed by atoms with E-state index in [1.54, 1.807) is 0 Å². The van der Waals surface area contributed by atoms with Crippen LogP contribution in [0.1, 0.15) is 11.1 Å². The SMILES string of the molecule is Cc1c[c]([Sn]([CH3])([CH3])[CH3])nc(N)c1C. The van der Waals surface area contributed by atoms with Crippen LogP contribution in [0.15, 0.2) is 6.07 Å². The van der Waals surface area contributed by atoms with E-state index in [1.807, 2.05) is 6.92 Å². The standard InChI is InChI=1S/C7H9N2.3CH3.Sn/c1-5-3-4-9-7(8)6(5)2;;;;/h3H,1-2H3,(H2,8,9);3*1H3;. The van der Waals surface area contributed by atoms with Crippen molar-refractivity contribution in [2.75, 3.05) is 5.73 Å². The fourth-order valence-electron chi connectivity index (χ4n) is 1.15. The molecule has 3 heteroatoms. The molecule has 0 fully saturated rings. The summed E-state index contributed by atoms with van der Waals surface area (Å²) in [6, 6.07) is 2.21. The zero-order valence-corrected chi connectivity index (χ0v) is 12.0. The summed E-state index contributed by atoms with van der Waals surface area (Å²) in [5, 5.41) is 0. The van der Waals surface area contributed by atoms with E-state index < -0.39 is 18.4 Å². The Bertz CT molecular complexity index is 303. The van der Waals surface area contributed by atoms with Crippen molar-refractivity contribution < 1.29 is 0 Å². The van der Waals surface area contributed by atoms with Crippen molar-refractivity contribution in [1.29, 1.82) is 0 Å². The first kappa shape index (κ1) is 10.8. The minimum atomic E-state index is -2.02. The van der Waals surface area contributed by atoms with Gasteiger partial charge >= 0.3 is 84.5 Å². The topological polar surface area (TPSA) is 38.9 Å². The summed E-state index contributed by atoms with van der Waals surface area (Å²) >= 11 is -2.02. The predicted molar refractivity (Wildman–Crippen MR) is 61.1 cm³/mol. The Hall–Kier alpha value is -0.251. The van der Waals surface area contributed by atoms with Gasteiger partial charge in [0.1, 0.15) is 0 Å². The number of nitrogens with zero attached hydrogens (tertiary/aromatic N) is 1. The number of aryl methyl sites for hydroxylation is 1. The van der Waals surface area contributed by atoms with Crippen LogP contribution in [0.25, 0.3) is 0 Å². The Morgan fingerprint density at radius 3 is 2.15 bits per heavy atom. The van der Waals surface area contributed by atoms with Gasteiger partial charge in [0.15, 0.2) is 0 Å². The van der Waals surface area contributed by atoms with E-state index >= 15 is 0 Å². The van der Waals surface area contributed by atoms with Crippen molar-refractivity contribution in [2.45, 2.75) is 28.7 Å².